The molecule has 0 amide bonds. The van der Waals surface area contributed by atoms with E-state index in [0.29, 0.717) is 12.1 Å². The van der Waals surface area contributed by atoms with Crippen LogP contribution in [-0.4, -0.2) is 18.3 Å². The minimum Gasteiger partial charge on any atom is -0.435 e. The molecule has 1 aromatic carbocycles. The van der Waals surface area contributed by atoms with Crippen molar-refractivity contribution in [1.29, 1.82) is 0 Å². The van der Waals surface area contributed by atoms with Crippen LogP contribution in [0.4, 0.5) is 8.78 Å². The quantitative estimate of drug-likeness (QED) is 0.814. The van der Waals surface area contributed by atoms with Crippen molar-refractivity contribution in [2.45, 2.75) is 19.6 Å². The molecule has 0 heterocycles. The molecule has 3 N–H and O–H groups in total. The minimum atomic E-state index is -2.83. The van der Waals surface area contributed by atoms with E-state index in [0.717, 1.165) is 0 Å². The van der Waals surface area contributed by atoms with E-state index in [2.05, 4.69) is 4.74 Å². The van der Waals surface area contributed by atoms with Gasteiger partial charge in [-0.1, -0.05) is 19.1 Å². The summed E-state index contributed by atoms with van der Waals surface area (Å²) in [5.41, 5.74) is 6.06. The molecule has 3 nitrogen and oxygen atoms in total. The second-order valence-corrected chi connectivity index (χ2v) is 3.61. The number of alkyl halides is 2. The Hall–Kier alpha value is -1.20. The summed E-state index contributed by atoms with van der Waals surface area (Å²) in [6.45, 7) is -0.663. The predicted octanol–water partition coefficient (Wildman–Crippen LogP) is 1.92. The van der Waals surface area contributed by atoms with Crippen molar-refractivity contribution in [1.82, 2.24) is 0 Å². The molecular formula is C11H15F2NO2. The van der Waals surface area contributed by atoms with Gasteiger partial charge >= 0.3 is 6.61 Å². The summed E-state index contributed by atoms with van der Waals surface area (Å²) in [4.78, 5) is 0. The first-order chi connectivity index (χ1) is 7.54. The Bertz CT molecular complexity index is 316. The predicted molar refractivity (Wildman–Crippen MR) is 56.3 cm³/mol. The van der Waals surface area contributed by atoms with E-state index in [1.165, 1.54) is 12.1 Å². The zero-order valence-corrected chi connectivity index (χ0v) is 8.94. The summed E-state index contributed by atoms with van der Waals surface area (Å²) in [5.74, 6) is -0.00628. The minimum absolute atomic E-state index is 0.0753. The molecule has 1 rings (SSSR count). The lowest BCUT2D eigenvalue weighted by atomic mass is 9.98. The Morgan fingerprint density at radius 3 is 2.31 bits per heavy atom. The lowest BCUT2D eigenvalue weighted by Crippen LogP contribution is -2.18. The van der Waals surface area contributed by atoms with E-state index in [-0.39, 0.29) is 11.7 Å². The first-order valence-corrected chi connectivity index (χ1v) is 4.97. The topological polar surface area (TPSA) is 55.5 Å². The van der Waals surface area contributed by atoms with Gasteiger partial charge in [0.25, 0.3) is 0 Å². The van der Waals surface area contributed by atoms with Crippen LogP contribution in [0.25, 0.3) is 0 Å². The lowest BCUT2D eigenvalue weighted by molar-refractivity contribution is -0.0498. The fourth-order valence-corrected chi connectivity index (χ4v) is 1.30. The van der Waals surface area contributed by atoms with Gasteiger partial charge in [-0.25, -0.2) is 0 Å². The molecule has 5 heteroatoms. The zero-order valence-electron chi connectivity index (χ0n) is 8.94. The molecule has 0 saturated heterocycles. The first kappa shape index (κ1) is 12.9. The standard InChI is InChI=1S/C11H15F2NO2/c1-7(6-14)10(15)8-2-4-9(5-3-8)16-11(12)13/h2-5,7,10-11,15H,6,14H2,1H3. The third-order valence-electron chi connectivity index (χ3n) is 2.36. The van der Waals surface area contributed by atoms with E-state index in [1.807, 2.05) is 6.92 Å². The van der Waals surface area contributed by atoms with Gasteiger partial charge in [0.15, 0.2) is 0 Å². The van der Waals surface area contributed by atoms with E-state index in [9.17, 15) is 13.9 Å². The number of aliphatic hydroxyl groups is 1. The molecule has 0 radical (unpaired) electrons. The van der Waals surface area contributed by atoms with Crippen molar-refractivity contribution in [2.75, 3.05) is 6.54 Å². The number of halogens is 2. The number of nitrogens with two attached hydrogens (primary N) is 1. The number of ether oxygens (including phenoxy) is 1. The van der Waals surface area contributed by atoms with Crippen molar-refractivity contribution >= 4 is 0 Å². The van der Waals surface area contributed by atoms with Gasteiger partial charge in [-0.15, -0.1) is 0 Å². The van der Waals surface area contributed by atoms with Crippen molar-refractivity contribution in [3.8, 4) is 5.75 Å². The highest BCUT2D eigenvalue weighted by Crippen LogP contribution is 2.23. The summed E-state index contributed by atoms with van der Waals surface area (Å²) in [6.07, 6.45) is -0.689. The molecule has 0 aromatic heterocycles. The molecule has 0 fully saturated rings. The summed E-state index contributed by atoms with van der Waals surface area (Å²) in [6, 6.07) is 5.89. The van der Waals surface area contributed by atoms with Gasteiger partial charge in [0.05, 0.1) is 6.10 Å². The highest BCUT2D eigenvalue weighted by molar-refractivity contribution is 5.28. The molecule has 2 unspecified atom stereocenters. The third kappa shape index (κ3) is 3.43. The highest BCUT2D eigenvalue weighted by Gasteiger charge is 2.15. The van der Waals surface area contributed by atoms with Crippen LogP contribution in [0.2, 0.25) is 0 Å². The smallest absolute Gasteiger partial charge is 0.387 e. The molecule has 0 aliphatic carbocycles. The number of aliphatic hydroxyl groups excluding tert-OH is 1. The number of benzene rings is 1. The van der Waals surface area contributed by atoms with E-state index in [4.69, 9.17) is 5.73 Å². The van der Waals surface area contributed by atoms with Crippen LogP contribution in [0.3, 0.4) is 0 Å². The molecule has 1 aromatic rings. The monoisotopic (exact) mass is 231 g/mol. The van der Waals surface area contributed by atoms with E-state index < -0.39 is 12.7 Å². The lowest BCUT2D eigenvalue weighted by Gasteiger charge is -2.17. The normalized spacial score (nSPS) is 14.9. The van der Waals surface area contributed by atoms with Crippen LogP contribution < -0.4 is 10.5 Å². The van der Waals surface area contributed by atoms with Gasteiger partial charge in [-0.2, -0.15) is 8.78 Å². The molecule has 90 valence electrons. The summed E-state index contributed by atoms with van der Waals surface area (Å²) in [7, 11) is 0. The fraction of sp³-hybridized carbons (Fsp3) is 0.455. The van der Waals surface area contributed by atoms with Crippen LogP contribution in [0, 0.1) is 5.92 Å². The SMILES string of the molecule is CC(CN)C(O)c1ccc(OC(F)F)cc1. The summed E-state index contributed by atoms with van der Waals surface area (Å²) in [5, 5.41) is 9.79. The molecular weight excluding hydrogens is 216 g/mol. The molecule has 16 heavy (non-hydrogen) atoms. The first-order valence-electron chi connectivity index (χ1n) is 4.97. The number of hydrogen-bond acceptors (Lipinski definition) is 3. The van der Waals surface area contributed by atoms with Gasteiger partial charge in [-0.3, -0.25) is 0 Å². The van der Waals surface area contributed by atoms with Crippen LogP contribution in [-0.2, 0) is 0 Å². The van der Waals surface area contributed by atoms with Crippen LogP contribution in [0.15, 0.2) is 24.3 Å². The Kier molecular flexibility index (Phi) is 4.64. The van der Waals surface area contributed by atoms with E-state index in [1.54, 1.807) is 12.1 Å². The van der Waals surface area contributed by atoms with Crippen molar-refractivity contribution in [2.24, 2.45) is 11.7 Å². The maximum absolute atomic E-state index is 11.9. The summed E-state index contributed by atoms with van der Waals surface area (Å²) >= 11 is 0. The van der Waals surface area contributed by atoms with Crippen LogP contribution in [0.1, 0.15) is 18.6 Å². The maximum Gasteiger partial charge on any atom is 0.387 e. The second kappa shape index (κ2) is 5.77. The molecule has 2 atom stereocenters. The van der Waals surface area contributed by atoms with Gasteiger partial charge in [-0.05, 0) is 30.2 Å². The Morgan fingerprint density at radius 2 is 1.88 bits per heavy atom. The van der Waals surface area contributed by atoms with Crippen LogP contribution in [0.5, 0.6) is 5.75 Å². The fourth-order valence-electron chi connectivity index (χ4n) is 1.30. The van der Waals surface area contributed by atoms with Crippen molar-refractivity contribution < 1.29 is 18.6 Å². The molecule has 0 aliphatic rings. The van der Waals surface area contributed by atoms with Crippen LogP contribution >= 0.6 is 0 Å². The van der Waals surface area contributed by atoms with Gasteiger partial charge in [0.1, 0.15) is 5.75 Å². The molecule has 0 aliphatic heterocycles. The van der Waals surface area contributed by atoms with Gasteiger partial charge in [0, 0.05) is 0 Å². The maximum atomic E-state index is 11.9. The average Bonchev–Trinajstić information content (AvgIpc) is 2.27. The zero-order chi connectivity index (χ0) is 12.1. The van der Waals surface area contributed by atoms with Crippen molar-refractivity contribution in [3.63, 3.8) is 0 Å². The van der Waals surface area contributed by atoms with Gasteiger partial charge < -0.3 is 15.6 Å². The molecule has 0 saturated carbocycles. The largest absolute Gasteiger partial charge is 0.435 e. The molecule has 0 bridgehead atoms. The number of rotatable bonds is 5. The highest BCUT2D eigenvalue weighted by atomic mass is 19.3. The van der Waals surface area contributed by atoms with Crippen molar-refractivity contribution in [3.05, 3.63) is 29.8 Å². The third-order valence-corrected chi connectivity index (χ3v) is 2.36. The summed E-state index contributed by atoms with van der Waals surface area (Å²) < 4.78 is 27.9. The number of hydrogen-bond donors (Lipinski definition) is 2. The molecule has 0 spiro atoms. The Labute approximate surface area is 92.8 Å². The second-order valence-electron chi connectivity index (χ2n) is 3.61. The Morgan fingerprint density at radius 1 is 1.31 bits per heavy atom. The van der Waals surface area contributed by atoms with Gasteiger partial charge in [0.2, 0.25) is 0 Å². The average molecular weight is 231 g/mol. The van der Waals surface area contributed by atoms with E-state index >= 15 is 0 Å². The Balaban J connectivity index is 2.70.